The fraction of sp³-hybridized carbons (Fsp3) is 0.630. The largest absolute Gasteiger partial charge is 0.378 e. The molecule has 35 heavy (non-hydrogen) atoms. The van der Waals surface area contributed by atoms with Crippen LogP contribution in [0.3, 0.4) is 0 Å². The molecule has 4 aliphatic heterocycles. The van der Waals surface area contributed by atoms with E-state index in [1.165, 1.54) is 12.1 Å². The summed E-state index contributed by atoms with van der Waals surface area (Å²) >= 11 is 0. The van der Waals surface area contributed by atoms with E-state index < -0.39 is 0 Å². The van der Waals surface area contributed by atoms with Crippen molar-refractivity contribution in [3.8, 4) is 11.4 Å². The van der Waals surface area contributed by atoms with Gasteiger partial charge in [-0.15, -0.1) is 0 Å². The zero-order chi connectivity index (χ0) is 24.2. The van der Waals surface area contributed by atoms with Crippen molar-refractivity contribution in [2.24, 2.45) is 5.92 Å². The second-order valence-corrected chi connectivity index (χ2v) is 10.1. The smallest absolute Gasteiger partial charge is 0.317 e. The van der Waals surface area contributed by atoms with Crippen molar-refractivity contribution < 1.29 is 9.53 Å². The topological polar surface area (TPSA) is 83.5 Å². The molecule has 2 aromatic heterocycles. The summed E-state index contributed by atoms with van der Waals surface area (Å²) in [5, 5.41) is 3.19. The first-order valence-electron chi connectivity index (χ1n) is 13.3. The Balaban J connectivity index is 1.32. The first-order valence-corrected chi connectivity index (χ1v) is 13.3. The molecule has 2 aromatic rings. The maximum atomic E-state index is 12.6. The molecular weight excluding hydrogens is 440 g/mol. The Hall–Kier alpha value is -2.58. The minimum Gasteiger partial charge on any atom is -0.378 e. The zero-order valence-electron chi connectivity index (χ0n) is 21.0. The van der Waals surface area contributed by atoms with Crippen LogP contribution in [0, 0.1) is 5.92 Å². The molecule has 6 heterocycles. The molecule has 6 rings (SSSR count). The molecule has 188 valence electrons. The molecular formula is C27H38N6O2. The van der Waals surface area contributed by atoms with Gasteiger partial charge in [0.15, 0.2) is 5.82 Å². The number of amides is 2. The first-order chi connectivity index (χ1) is 17.2. The molecule has 0 aromatic carbocycles. The number of hydrogen-bond donors (Lipinski definition) is 1. The van der Waals surface area contributed by atoms with Crippen molar-refractivity contribution in [3.05, 3.63) is 42.0 Å². The number of aromatic nitrogens is 3. The van der Waals surface area contributed by atoms with E-state index in [4.69, 9.17) is 14.7 Å². The number of hydrogen-bond acceptors (Lipinski definition) is 6. The van der Waals surface area contributed by atoms with Crippen LogP contribution in [0.15, 0.2) is 30.6 Å². The van der Waals surface area contributed by atoms with Crippen LogP contribution in [-0.2, 0) is 4.74 Å². The van der Waals surface area contributed by atoms with Crippen LogP contribution in [-0.4, -0.2) is 82.8 Å². The van der Waals surface area contributed by atoms with E-state index in [0.29, 0.717) is 56.6 Å². The lowest BCUT2D eigenvalue weighted by atomic mass is 9.74. The average Bonchev–Trinajstić information content (AvgIpc) is 2.93. The minimum absolute atomic E-state index is 0.0418. The molecule has 0 radical (unpaired) electrons. The maximum absolute atomic E-state index is 12.6. The van der Waals surface area contributed by atoms with Gasteiger partial charge in [-0.25, -0.2) is 14.8 Å². The minimum atomic E-state index is 0.0418. The third kappa shape index (κ3) is 5.33. The van der Waals surface area contributed by atoms with Crippen molar-refractivity contribution in [1.82, 2.24) is 30.1 Å². The summed E-state index contributed by atoms with van der Waals surface area (Å²) < 4.78 is 5.37. The van der Waals surface area contributed by atoms with Crippen molar-refractivity contribution in [2.45, 2.75) is 57.4 Å². The molecule has 0 spiro atoms. The number of urea groups is 1. The molecule has 0 aliphatic carbocycles. The van der Waals surface area contributed by atoms with Crippen molar-refractivity contribution in [1.29, 1.82) is 0 Å². The van der Waals surface area contributed by atoms with Gasteiger partial charge < -0.3 is 15.0 Å². The number of piperidine rings is 3. The molecule has 4 saturated heterocycles. The van der Waals surface area contributed by atoms with E-state index in [-0.39, 0.29) is 6.03 Å². The van der Waals surface area contributed by atoms with E-state index in [9.17, 15) is 4.79 Å². The van der Waals surface area contributed by atoms with E-state index in [1.807, 2.05) is 29.4 Å². The lowest BCUT2D eigenvalue weighted by Gasteiger charge is -2.50. The normalized spacial score (nSPS) is 26.2. The molecule has 2 amide bonds. The summed E-state index contributed by atoms with van der Waals surface area (Å²) in [7, 11) is 0. The predicted octanol–water partition coefficient (Wildman–Crippen LogP) is 3.66. The van der Waals surface area contributed by atoms with Crippen molar-refractivity contribution in [2.75, 3.05) is 45.9 Å². The molecule has 8 nitrogen and oxygen atoms in total. The van der Waals surface area contributed by atoms with E-state index in [0.717, 1.165) is 49.4 Å². The van der Waals surface area contributed by atoms with Crippen LogP contribution in [0.25, 0.3) is 11.4 Å². The van der Waals surface area contributed by atoms with Gasteiger partial charge in [-0.1, -0.05) is 13.8 Å². The first kappa shape index (κ1) is 24.1. The Morgan fingerprint density at radius 1 is 1.14 bits per heavy atom. The number of ether oxygens (including phenoxy) is 1. The Morgan fingerprint density at radius 2 is 1.91 bits per heavy atom. The summed E-state index contributed by atoms with van der Waals surface area (Å²) in [6, 6.07) is 6.72. The number of rotatable bonds is 7. The highest BCUT2D eigenvalue weighted by Gasteiger charge is 2.41. The van der Waals surface area contributed by atoms with Crippen molar-refractivity contribution >= 4 is 6.03 Å². The van der Waals surface area contributed by atoms with Crippen LogP contribution >= 0.6 is 0 Å². The fourth-order valence-electron chi connectivity index (χ4n) is 5.99. The molecule has 4 fully saturated rings. The summed E-state index contributed by atoms with van der Waals surface area (Å²) in [4.78, 5) is 31.3. The van der Waals surface area contributed by atoms with Gasteiger partial charge in [0.05, 0.1) is 13.2 Å². The summed E-state index contributed by atoms with van der Waals surface area (Å²) in [6.07, 6.45) is 8.07. The van der Waals surface area contributed by atoms with Crippen LogP contribution in [0.2, 0.25) is 0 Å². The number of nitrogens with one attached hydrogen (secondary N) is 1. The third-order valence-electron chi connectivity index (χ3n) is 8.15. The standard InChI is InChI=1S/C27H38N6O2/c1-3-19(4-2)24-16-25(31-26(30-24)20-5-8-28-9-6-20)23-18-33-10-7-21(23)15-22(33)17-29-27(34)32-11-13-35-14-12-32/h5-6,8-9,16,19,21-23H,3-4,7,10-15,17-18H2,1-2H3,(H,29,34)/t21-,22+,23-/m0/s1. The number of nitrogens with zero attached hydrogens (tertiary/aromatic N) is 5. The molecule has 4 aliphatic rings. The number of morpholine rings is 1. The summed E-state index contributed by atoms with van der Waals surface area (Å²) in [5.74, 6) is 2.26. The van der Waals surface area contributed by atoms with Gasteiger partial charge in [0.2, 0.25) is 0 Å². The molecule has 2 bridgehead atoms. The van der Waals surface area contributed by atoms with Gasteiger partial charge in [0.1, 0.15) is 0 Å². The number of carbonyl (C=O) groups is 1. The summed E-state index contributed by atoms with van der Waals surface area (Å²) in [5.41, 5.74) is 3.37. The number of fused-ring (bicyclic) bond motifs is 3. The second-order valence-electron chi connectivity index (χ2n) is 10.1. The highest BCUT2D eigenvalue weighted by atomic mass is 16.5. The number of carbonyl (C=O) groups excluding carboxylic acids is 1. The Morgan fingerprint density at radius 3 is 2.60 bits per heavy atom. The van der Waals surface area contributed by atoms with Gasteiger partial charge in [-0.3, -0.25) is 9.88 Å². The monoisotopic (exact) mass is 478 g/mol. The lowest BCUT2D eigenvalue weighted by Crippen LogP contribution is -2.57. The Bertz CT molecular complexity index is 992. The predicted molar refractivity (Wildman–Crippen MR) is 135 cm³/mol. The molecule has 1 unspecified atom stereocenters. The van der Waals surface area contributed by atoms with E-state index in [2.05, 4.69) is 35.1 Å². The van der Waals surface area contributed by atoms with Crippen LogP contribution in [0.4, 0.5) is 4.79 Å². The summed E-state index contributed by atoms with van der Waals surface area (Å²) in [6.45, 7) is 9.91. The maximum Gasteiger partial charge on any atom is 0.317 e. The van der Waals surface area contributed by atoms with E-state index in [1.54, 1.807) is 0 Å². The van der Waals surface area contributed by atoms with Gasteiger partial charge in [-0.05, 0) is 56.3 Å². The fourth-order valence-corrected chi connectivity index (χ4v) is 5.99. The van der Waals surface area contributed by atoms with Gasteiger partial charge >= 0.3 is 6.03 Å². The second kappa shape index (κ2) is 11.0. The SMILES string of the molecule is CCC(CC)c1cc([C@H]2CN3CC[C@H]2C[C@@H]3CNC(=O)N2CCOCC2)nc(-c2ccncc2)n1. The molecule has 1 N–H and O–H groups in total. The molecule has 0 saturated carbocycles. The zero-order valence-corrected chi connectivity index (χ0v) is 21.0. The highest BCUT2D eigenvalue weighted by Crippen LogP contribution is 2.42. The van der Waals surface area contributed by atoms with Gasteiger partial charge in [0.25, 0.3) is 0 Å². The Labute approximate surface area is 208 Å². The number of pyridine rings is 1. The van der Waals surface area contributed by atoms with E-state index >= 15 is 0 Å². The van der Waals surface area contributed by atoms with Gasteiger partial charge in [0, 0.05) is 73.4 Å². The van der Waals surface area contributed by atoms with Gasteiger partial charge in [-0.2, -0.15) is 0 Å². The Kier molecular flexibility index (Phi) is 7.58. The molecule has 8 heteroatoms. The lowest BCUT2D eigenvalue weighted by molar-refractivity contribution is 0.0275. The highest BCUT2D eigenvalue weighted by molar-refractivity contribution is 5.74. The van der Waals surface area contributed by atoms with Crippen LogP contribution < -0.4 is 5.32 Å². The van der Waals surface area contributed by atoms with Crippen LogP contribution in [0.1, 0.15) is 62.8 Å². The average molecular weight is 479 g/mol. The third-order valence-corrected chi connectivity index (χ3v) is 8.15. The van der Waals surface area contributed by atoms with Crippen LogP contribution in [0.5, 0.6) is 0 Å². The van der Waals surface area contributed by atoms with Crippen molar-refractivity contribution in [3.63, 3.8) is 0 Å². The quantitative estimate of drug-likeness (QED) is 0.654. The molecule has 4 atom stereocenters.